The summed E-state index contributed by atoms with van der Waals surface area (Å²) in [5.74, 6) is 2.69. The van der Waals surface area contributed by atoms with Gasteiger partial charge in [0.15, 0.2) is 5.82 Å². The molecule has 1 fully saturated rings. The predicted molar refractivity (Wildman–Crippen MR) is 73.4 cm³/mol. The molecular formula is C14H26N4. The van der Waals surface area contributed by atoms with Gasteiger partial charge in [0.05, 0.1) is 0 Å². The molecule has 18 heavy (non-hydrogen) atoms. The topological polar surface area (TPSA) is 67.6 Å². The largest absolute Gasteiger partial charge is 0.330 e. The number of aryl methyl sites for hydroxylation is 1. The second kappa shape index (κ2) is 5.83. The van der Waals surface area contributed by atoms with Gasteiger partial charge in [-0.3, -0.25) is 5.10 Å². The molecule has 0 spiro atoms. The standard InChI is InChI=1S/C14H26N4/c1-14(2,9-10-15)8-7-12-16-13(18-17-12)11-5-3-4-6-11/h11H,3-10,15H2,1-2H3,(H,16,17,18). The van der Waals surface area contributed by atoms with Crippen molar-refractivity contribution in [2.45, 2.75) is 64.7 Å². The van der Waals surface area contributed by atoms with E-state index in [-0.39, 0.29) is 0 Å². The Balaban J connectivity index is 1.86. The fourth-order valence-electron chi connectivity index (χ4n) is 2.76. The molecule has 1 saturated carbocycles. The zero-order valence-electron chi connectivity index (χ0n) is 11.7. The molecule has 4 heteroatoms. The van der Waals surface area contributed by atoms with Crippen molar-refractivity contribution in [3.8, 4) is 0 Å². The van der Waals surface area contributed by atoms with Crippen molar-refractivity contribution < 1.29 is 0 Å². The summed E-state index contributed by atoms with van der Waals surface area (Å²) in [6, 6.07) is 0. The second-order valence-corrected chi connectivity index (χ2v) is 6.32. The molecule has 0 aliphatic heterocycles. The summed E-state index contributed by atoms with van der Waals surface area (Å²) in [6.07, 6.45) is 8.34. The molecule has 2 rings (SSSR count). The van der Waals surface area contributed by atoms with Crippen molar-refractivity contribution in [1.82, 2.24) is 15.2 Å². The van der Waals surface area contributed by atoms with E-state index in [1.807, 2.05) is 0 Å². The van der Waals surface area contributed by atoms with Crippen molar-refractivity contribution in [1.29, 1.82) is 0 Å². The smallest absolute Gasteiger partial charge is 0.153 e. The monoisotopic (exact) mass is 250 g/mol. The summed E-state index contributed by atoms with van der Waals surface area (Å²) in [7, 11) is 0. The number of hydrogen-bond donors (Lipinski definition) is 2. The van der Waals surface area contributed by atoms with E-state index in [0.717, 1.165) is 37.5 Å². The lowest BCUT2D eigenvalue weighted by molar-refractivity contribution is 0.311. The molecule has 0 aromatic carbocycles. The number of H-pyrrole nitrogens is 1. The van der Waals surface area contributed by atoms with Crippen LogP contribution in [-0.4, -0.2) is 21.7 Å². The number of hydrogen-bond acceptors (Lipinski definition) is 3. The van der Waals surface area contributed by atoms with Crippen LogP contribution in [0.15, 0.2) is 0 Å². The summed E-state index contributed by atoms with van der Waals surface area (Å²) in [5.41, 5.74) is 5.94. The maximum absolute atomic E-state index is 5.63. The Bertz CT molecular complexity index is 364. The minimum Gasteiger partial charge on any atom is -0.330 e. The lowest BCUT2D eigenvalue weighted by Crippen LogP contribution is -2.18. The summed E-state index contributed by atoms with van der Waals surface area (Å²) < 4.78 is 0. The third-order valence-electron chi connectivity index (χ3n) is 4.13. The molecule has 102 valence electrons. The highest BCUT2D eigenvalue weighted by Gasteiger charge is 2.22. The van der Waals surface area contributed by atoms with Crippen molar-refractivity contribution in [3.63, 3.8) is 0 Å². The Morgan fingerprint density at radius 2 is 2.00 bits per heavy atom. The Hall–Kier alpha value is -0.900. The van der Waals surface area contributed by atoms with Gasteiger partial charge in [-0.2, -0.15) is 5.10 Å². The van der Waals surface area contributed by atoms with Gasteiger partial charge in [-0.05, 0) is 37.6 Å². The molecule has 1 heterocycles. The minimum absolute atomic E-state index is 0.301. The van der Waals surface area contributed by atoms with Gasteiger partial charge < -0.3 is 5.73 Å². The molecule has 0 bridgehead atoms. The van der Waals surface area contributed by atoms with E-state index in [1.54, 1.807) is 0 Å². The van der Waals surface area contributed by atoms with Crippen LogP contribution in [-0.2, 0) is 6.42 Å². The van der Waals surface area contributed by atoms with Crippen molar-refractivity contribution >= 4 is 0 Å². The lowest BCUT2D eigenvalue weighted by Gasteiger charge is -2.22. The van der Waals surface area contributed by atoms with Gasteiger partial charge in [-0.25, -0.2) is 4.98 Å². The van der Waals surface area contributed by atoms with E-state index < -0.39 is 0 Å². The quantitative estimate of drug-likeness (QED) is 0.815. The Labute approximate surface area is 110 Å². The molecule has 0 atom stereocenters. The third-order valence-corrected chi connectivity index (χ3v) is 4.13. The van der Waals surface area contributed by atoms with Crippen LogP contribution < -0.4 is 5.73 Å². The maximum Gasteiger partial charge on any atom is 0.153 e. The van der Waals surface area contributed by atoms with E-state index in [4.69, 9.17) is 5.73 Å². The molecule has 0 unspecified atom stereocenters. The van der Waals surface area contributed by atoms with Crippen LogP contribution in [0.1, 0.15) is 69.9 Å². The molecule has 0 saturated heterocycles. The molecule has 1 aliphatic carbocycles. The highest BCUT2D eigenvalue weighted by molar-refractivity contribution is 5.00. The number of aromatic amines is 1. The van der Waals surface area contributed by atoms with Crippen LogP contribution >= 0.6 is 0 Å². The van der Waals surface area contributed by atoms with Crippen LogP contribution in [0.5, 0.6) is 0 Å². The van der Waals surface area contributed by atoms with Gasteiger partial charge in [0.25, 0.3) is 0 Å². The molecule has 1 aromatic heterocycles. The number of aromatic nitrogens is 3. The number of nitrogens with two attached hydrogens (primary N) is 1. The molecule has 1 aliphatic rings. The van der Waals surface area contributed by atoms with Gasteiger partial charge in [0.1, 0.15) is 5.82 Å². The van der Waals surface area contributed by atoms with Crippen molar-refractivity contribution in [2.75, 3.05) is 6.54 Å². The first-order valence-corrected chi connectivity index (χ1v) is 7.22. The van der Waals surface area contributed by atoms with Crippen LogP contribution in [0, 0.1) is 5.41 Å². The van der Waals surface area contributed by atoms with Gasteiger partial charge >= 0.3 is 0 Å². The number of nitrogens with zero attached hydrogens (tertiary/aromatic N) is 2. The second-order valence-electron chi connectivity index (χ2n) is 6.32. The lowest BCUT2D eigenvalue weighted by atomic mass is 9.84. The van der Waals surface area contributed by atoms with E-state index in [1.165, 1.54) is 25.7 Å². The van der Waals surface area contributed by atoms with Crippen LogP contribution in [0.3, 0.4) is 0 Å². The predicted octanol–water partition coefficient (Wildman–Crippen LogP) is 2.77. The average molecular weight is 250 g/mol. The first-order chi connectivity index (χ1) is 8.61. The zero-order valence-corrected chi connectivity index (χ0v) is 11.7. The first-order valence-electron chi connectivity index (χ1n) is 7.22. The fraction of sp³-hybridized carbons (Fsp3) is 0.857. The molecule has 1 aromatic rings. The number of rotatable bonds is 6. The van der Waals surface area contributed by atoms with Crippen LogP contribution in [0.25, 0.3) is 0 Å². The molecule has 0 amide bonds. The van der Waals surface area contributed by atoms with Crippen molar-refractivity contribution in [3.05, 3.63) is 11.6 Å². The molecular weight excluding hydrogens is 224 g/mol. The van der Waals surface area contributed by atoms with Crippen molar-refractivity contribution in [2.24, 2.45) is 11.1 Å². The third kappa shape index (κ3) is 3.55. The number of nitrogens with one attached hydrogen (secondary N) is 1. The van der Waals surface area contributed by atoms with E-state index in [9.17, 15) is 0 Å². The van der Waals surface area contributed by atoms with E-state index in [2.05, 4.69) is 29.0 Å². The fourth-order valence-corrected chi connectivity index (χ4v) is 2.76. The highest BCUT2D eigenvalue weighted by Crippen LogP contribution is 2.32. The van der Waals surface area contributed by atoms with Gasteiger partial charge in [-0.1, -0.05) is 26.7 Å². The van der Waals surface area contributed by atoms with Crippen LogP contribution in [0.4, 0.5) is 0 Å². The SMILES string of the molecule is CC(C)(CCN)CCc1nc(C2CCCC2)n[nH]1. The Morgan fingerprint density at radius 3 is 2.67 bits per heavy atom. The Kier molecular flexibility index (Phi) is 4.38. The molecule has 0 radical (unpaired) electrons. The first kappa shape index (κ1) is 13.5. The normalized spacial score (nSPS) is 17.5. The van der Waals surface area contributed by atoms with E-state index >= 15 is 0 Å². The summed E-state index contributed by atoms with van der Waals surface area (Å²) >= 11 is 0. The zero-order chi connectivity index (χ0) is 13.0. The highest BCUT2D eigenvalue weighted by atomic mass is 15.2. The summed E-state index contributed by atoms with van der Waals surface area (Å²) in [4.78, 5) is 4.66. The average Bonchev–Trinajstić information content (AvgIpc) is 2.97. The van der Waals surface area contributed by atoms with Crippen LogP contribution in [0.2, 0.25) is 0 Å². The minimum atomic E-state index is 0.301. The van der Waals surface area contributed by atoms with Gasteiger partial charge in [-0.15, -0.1) is 0 Å². The summed E-state index contributed by atoms with van der Waals surface area (Å²) in [6.45, 7) is 5.30. The Morgan fingerprint density at radius 1 is 1.28 bits per heavy atom. The summed E-state index contributed by atoms with van der Waals surface area (Å²) in [5, 5.41) is 7.49. The molecule has 4 nitrogen and oxygen atoms in total. The van der Waals surface area contributed by atoms with E-state index in [0.29, 0.717) is 11.3 Å². The molecule has 3 N–H and O–H groups in total. The van der Waals surface area contributed by atoms with Gasteiger partial charge in [0.2, 0.25) is 0 Å². The van der Waals surface area contributed by atoms with Gasteiger partial charge in [0, 0.05) is 12.3 Å². The maximum atomic E-state index is 5.63.